The number of carbonyl (C=O) groups excluding carboxylic acids is 2. The summed E-state index contributed by atoms with van der Waals surface area (Å²) in [4.78, 5) is 25.2. The molecule has 0 unspecified atom stereocenters. The molecule has 162 valence electrons. The molecule has 0 radical (unpaired) electrons. The molecular weight excluding hydrogens is 398 g/mol. The van der Waals surface area contributed by atoms with Gasteiger partial charge in [0, 0.05) is 0 Å². The monoisotopic (exact) mass is 423 g/mol. The maximum atomic E-state index is 12.7. The van der Waals surface area contributed by atoms with Crippen LogP contribution in [0.25, 0.3) is 0 Å². The number of aromatic nitrogens is 3. The third-order valence-corrected chi connectivity index (χ3v) is 4.39. The molecule has 2 amide bonds. The second-order valence-corrected chi connectivity index (χ2v) is 6.54. The van der Waals surface area contributed by atoms with E-state index in [1.165, 1.54) is 4.68 Å². The van der Waals surface area contributed by atoms with E-state index in [0.717, 1.165) is 0 Å². The molecule has 0 spiro atoms. The Kier molecular flexibility index (Phi) is 7.21. The highest BCUT2D eigenvalue weighted by molar-refractivity contribution is 6.04. The predicted molar refractivity (Wildman–Crippen MR) is 117 cm³/mol. The van der Waals surface area contributed by atoms with Crippen molar-refractivity contribution < 1.29 is 19.1 Å². The smallest absolute Gasteiger partial charge is 0.278 e. The van der Waals surface area contributed by atoms with Crippen LogP contribution in [0.15, 0.2) is 48.5 Å². The Balaban J connectivity index is 1.69. The maximum absolute atomic E-state index is 12.7. The molecule has 9 heteroatoms. The first-order chi connectivity index (χ1) is 15.0. The number of benzene rings is 2. The first-order valence-electron chi connectivity index (χ1n) is 9.98. The van der Waals surface area contributed by atoms with Crippen molar-refractivity contribution in [2.45, 2.75) is 27.3 Å². The van der Waals surface area contributed by atoms with Crippen molar-refractivity contribution in [1.82, 2.24) is 15.0 Å². The minimum atomic E-state index is -0.432. The highest BCUT2D eigenvalue weighted by Crippen LogP contribution is 2.25. The van der Waals surface area contributed by atoms with Gasteiger partial charge < -0.3 is 20.1 Å². The third-order valence-electron chi connectivity index (χ3n) is 4.39. The van der Waals surface area contributed by atoms with Crippen molar-refractivity contribution in [3.05, 3.63) is 59.9 Å². The van der Waals surface area contributed by atoms with E-state index in [1.54, 1.807) is 43.3 Å². The molecule has 2 N–H and O–H groups in total. The molecule has 0 aliphatic carbocycles. The van der Waals surface area contributed by atoms with E-state index in [-0.39, 0.29) is 18.1 Å². The SMILES string of the molecule is CCOc1ccccc1NC(=O)Cn1nnc(C(=O)Nc2ccccc2OCC)c1C. The number of nitrogens with one attached hydrogen (secondary N) is 2. The number of nitrogens with zero attached hydrogens (tertiary/aromatic N) is 3. The van der Waals surface area contributed by atoms with Gasteiger partial charge in [-0.2, -0.15) is 0 Å². The minimum Gasteiger partial charge on any atom is -0.492 e. The molecular formula is C22H25N5O4. The van der Waals surface area contributed by atoms with E-state index >= 15 is 0 Å². The molecule has 3 aromatic rings. The molecule has 1 heterocycles. The predicted octanol–water partition coefficient (Wildman–Crippen LogP) is 3.27. The second kappa shape index (κ2) is 10.2. The molecule has 0 bridgehead atoms. The molecule has 0 aliphatic rings. The lowest BCUT2D eigenvalue weighted by Crippen LogP contribution is -2.21. The van der Waals surface area contributed by atoms with Gasteiger partial charge in [-0.25, -0.2) is 4.68 Å². The summed E-state index contributed by atoms with van der Waals surface area (Å²) in [7, 11) is 0. The average molecular weight is 423 g/mol. The Labute approximate surface area is 180 Å². The molecule has 0 saturated carbocycles. The van der Waals surface area contributed by atoms with Crippen LogP contribution < -0.4 is 20.1 Å². The molecule has 2 aromatic carbocycles. The molecule has 0 atom stereocenters. The van der Waals surface area contributed by atoms with Gasteiger partial charge in [-0.05, 0) is 45.0 Å². The summed E-state index contributed by atoms with van der Waals surface area (Å²) in [5.74, 6) is 0.407. The van der Waals surface area contributed by atoms with Gasteiger partial charge in [0.05, 0.1) is 30.3 Å². The zero-order valence-electron chi connectivity index (χ0n) is 17.7. The van der Waals surface area contributed by atoms with Crippen LogP contribution >= 0.6 is 0 Å². The topological polar surface area (TPSA) is 107 Å². The Bertz CT molecular complexity index is 1060. The first-order valence-corrected chi connectivity index (χ1v) is 9.98. The largest absolute Gasteiger partial charge is 0.492 e. The number of hydrogen-bond donors (Lipinski definition) is 2. The van der Waals surface area contributed by atoms with E-state index in [0.29, 0.717) is 41.8 Å². The first kappa shape index (κ1) is 21.8. The number of ether oxygens (including phenoxy) is 2. The summed E-state index contributed by atoms with van der Waals surface area (Å²) in [5, 5.41) is 13.5. The molecule has 31 heavy (non-hydrogen) atoms. The van der Waals surface area contributed by atoms with Gasteiger partial charge in [0.25, 0.3) is 5.91 Å². The summed E-state index contributed by atoms with van der Waals surface area (Å²) in [6.45, 7) is 6.29. The van der Waals surface area contributed by atoms with Crippen LogP contribution in [0.1, 0.15) is 30.0 Å². The van der Waals surface area contributed by atoms with Gasteiger partial charge in [0.15, 0.2) is 5.69 Å². The summed E-state index contributed by atoms with van der Waals surface area (Å²) >= 11 is 0. The average Bonchev–Trinajstić information content (AvgIpc) is 3.11. The zero-order chi connectivity index (χ0) is 22.2. The van der Waals surface area contributed by atoms with E-state index in [2.05, 4.69) is 20.9 Å². The number of amides is 2. The highest BCUT2D eigenvalue weighted by atomic mass is 16.5. The molecule has 1 aromatic heterocycles. The highest BCUT2D eigenvalue weighted by Gasteiger charge is 2.19. The quantitative estimate of drug-likeness (QED) is 0.547. The Hall–Kier alpha value is -3.88. The summed E-state index contributed by atoms with van der Waals surface area (Å²) in [6.07, 6.45) is 0. The van der Waals surface area contributed by atoms with E-state index in [1.807, 2.05) is 26.0 Å². The van der Waals surface area contributed by atoms with Crippen LogP contribution in [0, 0.1) is 6.92 Å². The Morgan fingerprint density at radius 3 is 2.03 bits per heavy atom. The van der Waals surface area contributed by atoms with Gasteiger partial charge in [-0.3, -0.25) is 9.59 Å². The van der Waals surface area contributed by atoms with Crippen molar-refractivity contribution >= 4 is 23.2 Å². The Morgan fingerprint density at radius 2 is 1.45 bits per heavy atom. The van der Waals surface area contributed by atoms with Crippen LogP contribution in [0.2, 0.25) is 0 Å². The van der Waals surface area contributed by atoms with Gasteiger partial charge in [0.1, 0.15) is 18.0 Å². The van der Waals surface area contributed by atoms with E-state index < -0.39 is 5.91 Å². The number of carbonyl (C=O) groups is 2. The summed E-state index contributed by atoms with van der Waals surface area (Å²) < 4.78 is 12.4. The normalized spacial score (nSPS) is 10.4. The van der Waals surface area contributed by atoms with Crippen molar-refractivity contribution in [1.29, 1.82) is 0 Å². The van der Waals surface area contributed by atoms with Crippen molar-refractivity contribution in [2.75, 3.05) is 23.8 Å². The number of hydrogen-bond acceptors (Lipinski definition) is 6. The van der Waals surface area contributed by atoms with Gasteiger partial charge in [-0.15, -0.1) is 5.10 Å². The fourth-order valence-electron chi connectivity index (χ4n) is 2.93. The van der Waals surface area contributed by atoms with Crippen LogP contribution in [0.5, 0.6) is 11.5 Å². The Morgan fingerprint density at radius 1 is 0.903 bits per heavy atom. The van der Waals surface area contributed by atoms with Gasteiger partial charge >= 0.3 is 0 Å². The summed E-state index contributed by atoms with van der Waals surface area (Å²) in [6, 6.07) is 14.3. The van der Waals surface area contributed by atoms with Gasteiger partial charge in [0.2, 0.25) is 5.91 Å². The lowest BCUT2D eigenvalue weighted by Gasteiger charge is -2.12. The lowest BCUT2D eigenvalue weighted by atomic mass is 10.2. The molecule has 0 fully saturated rings. The fourth-order valence-corrected chi connectivity index (χ4v) is 2.93. The number of para-hydroxylation sites is 4. The van der Waals surface area contributed by atoms with Crippen molar-refractivity contribution in [3.8, 4) is 11.5 Å². The van der Waals surface area contributed by atoms with E-state index in [4.69, 9.17) is 9.47 Å². The van der Waals surface area contributed by atoms with Crippen LogP contribution in [0.4, 0.5) is 11.4 Å². The lowest BCUT2D eigenvalue weighted by molar-refractivity contribution is -0.117. The minimum absolute atomic E-state index is 0.0951. The number of rotatable bonds is 9. The second-order valence-electron chi connectivity index (χ2n) is 6.54. The van der Waals surface area contributed by atoms with Gasteiger partial charge in [-0.1, -0.05) is 29.5 Å². The fraction of sp³-hybridized carbons (Fsp3) is 0.273. The summed E-state index contributed by atoms with van der Waals surface area (Å²) in [5.41, 5.74) is 1.71. The molecule has 3 rings (SSSR count). The molecule has 9 nitrogen and oxygen atoms in total. The third kappa shape index (κ3) is 5.39. The van der Waals surface area contributed by atoms with Crippen molar-refractivity contribution in [3.63, 3.8) is 0 Å². The maximum Gasteiger partial charge on any atom is 0.278 e. The standard InChI is InChI=1S/C22H25N5O4/c1-4-30-18-12-8-6-10-16(18)23-20(28)14-27-15(3)21(25-26-27)22(29)24-17-11-7-9-13-19(17)31-5-2/h6-13H,4-5,14H2,1-3H3,(H,23,28)(H,24,29). The molecule has 0 aliphatic heterocycles. The van der Waals surface area contributed by atoms with Crippen LogP contribution in [0.3, 0.4) is 0 Å². The van der Waals surface area contributed by atoms with E-state index in [9.17, 15) is 9.59 Å². The van der Waals surface area contributed by atoms with Crippen LogP contribution in [-0.2, 0) is 11.3 Å². The zero-order valence-corrected chi connectivity index (χ0v) is 17.7. The molecule has 0 saturated heterocycles. The number of anilines is 2. The van der Waals surface area contributed by atoms with Crippen LogP contribution in [-0.4, -0.2) is 40.0 Å². The van der Waals surface area contributed by atoms with Crippen molar-refractivity contribution in [2.24, 2.45) is 0 Å².